The van der Waals surface area contributed by atoms with Crippen LogP contribution in [-0.4, -0.2) is 32.3 Å². The van der Waals surface area contributed by atoms with Gasteiger partial charge in [-0.15, -0.1) is 0 Å². The van der Waals surface area contributed by atoms with Crippen molar-refractivity contribution in [2.75, 3.05) is 14.2 Å². The van der Waals surface area contributed by atoms with Gasteiger partial charge in [-0.05, 0) is 23.6 Å². The molecule has 0 aliphatic rings. The zero-order valence-corrected chi connectivity index (χ0v) is 13.3. The topological polar surface area (TPSA) is 88.7 Å². The minimum Gasteiger partial charge on any atom is -0.497 e. The van der Waals surface area contributed by atoms with Gasteiger partial charge in [-0.1, -0.05) is 26.0 Å². The molecule has 0 unspecified atom stereocenters. The van der Waals surface area contributed by atoms with E-state index in [2.05, 4.69) is 20.9 Å². The number of benzene rings is 1. The van der Waals surface area contributed by atoms with Crippen molar-refractivity contribution in [3.05, 3.63) is 29.8 Å². The first-order valence-corrected chi connectivity index (χ1v) is 6.98. The number of ether oxygens (including phenoxy) is 2. The summed E-state index contributed by atoms with van der Waals surface area (Å²) < 4.78 is 9.59. The maximum Gasteiger partial charge on any atom is 0.407 e. The van der Waals surface area contributed by atoms with Crippen molar-refractivity contribution >= 4 is 12.0 Å². The molecule has 0 radical (unpaired) electrons. The van der Waals surface area contributed by atoms with Gasteiger partial charge in [0.2, 0.25) is 0 Å². The summed E-state index contributed by atoms with van der Waals surface area (Å²) in [4.78, 5) is 23.3. The van der Waals surface area contributed by atoms with E-state index in [-0.39, 0.29) is 11.8 Å². The summed E-state index contributed by atoms with van der Waals surface area (Å²) in [6, 6.07) is 6.80. The van der Waals surface area contributed by atoms with Gasteiger partial charge in [-0.3, -0.25) is 10.2 Å². The van der Waals surface area contributed by atoms with Crippen molar-refractivity contribution < 1.29 is 19.1 Å². The lowest BCUT2D eigenvalue weighted by atomic mass is 10.0. The van der Waals surface area contributed by atoms with E-state index in [1.807, 2.05) is 38.1 Å². The summed E-state index contributed by atoms with van der Waals surface area (Å²) in [5.74, 6) is 0.380. The Morgan fingerprint density at radius 3 is 2.27 bits per heavy atom. The van der Waals surface area contributed by atoms with Crippen molar-refractivity contribution in [3.8, 4) is 5.75 Å². The van der Waals surface area contributed by atoms with E-state index in [4.69, 9.17) is 4.74 Å². The number of carbonyl (C=O) groups excluding carboxylic acids is 2. The normalized spacial score (nSPS) is 11.7. The van der Waals surface area contributed by atoms with E-state index in [0.717, 1.165) is 11.3 Å². The van der Waals surface area contributed by atoms with Crippen LogP contribution in [0.25, 0.3) is 0 Å². The Kier molecular flexibility index (Phi) is 7.18. The van der Waals surface area contributed by atoms with Crippen LogP contribution in [0.2, 0.25) is 0 Å². The highest BCUT2D eigenvalue weighted by atomic mass is 16.5. The summed E-state index contributed by atoms with van der Waals surface area (Å²) in [6.07, 6.45) is -0.635. The highest BCUT2D eigenvalue weighted by Gasteiger charge is 2.24. The van der Waals surface area contributed by atoms with E-state index < -0.39 is 12.1 Å². The Morgan fingerprint density at radius 1 is 1.14 bits per heavy atom. The molecule has 22 heavy (non-hydrogen) atoms. The van der Waals surface area contributed by atoms with E-state index in [1.54, 1.807) is 7.11 Å². The van der Waals surface area contributed by atoms with Crippen molar-refractivity contribution in [1.82, 2.24) is 16.2 Å². The summed E-state index contributed by atoms with van der Waals surface area (Å²) in [5.41, 5.74) is 6.40. The predicted octanol–water partition coefficient (Wildman–Crippen LogP) is 1.20. The molecule has 0 saturated carbocycles. The third-order valence-corrected chi connectivity index (χ3v) is 3.07. The Bertz CT molecular complexity index is 488. The van der Waals surface area contributed by atoms with Gasteiger partial charge < -0.3 is 14.8 Å². The monoisotopic (exact) mass is 309 g/mol. The van der Waals surface area contributed by atoms with Crippen LogP contribution in [0, 0.1) is 5.92 Å². The fraction of sp³-hybridized carbons (Fsp3) is 0.467. The number of alkyl carbamates (subject to hydrolysis) is 1. The summed E-state index contributed by atoms with van der Waals surface area (Å²) in [7, 11) is 2.86. The Labute approximate surface area is 130 Å². The second kappa shape index (κ2) is 8.89. The van der Waals surface area contributed by atoms with Crippen molar-refractivity contribution in [3.63, 3.8) is 0 Å². The maximum absolute atomic E-state index is 12.1. The van der Waals surface area contributed by atoms with Gasteiger partial charge in [0.25, 0.3) is 5.91 Å². The zero-order valence-electron chi connectivity index (χ0n) is 13.3. The van der Waals surface area contributed by atoms with E-state index in [0.29, 0.717) is 6.54 Å². The van der Waals surface area contributed by atoms with Gasteiger partial charge in [0.05, 0.1) is 14.2 Å². The molecule has 122 valence electrons. The third kappa shape index (κ3) is 5.61. The first-order chi connectivity index (χ1) is 10.5. The lowest BCUT2D eigenvalue weighted by Gasteiger charge is -2.21. The molecule has 0 aliphatic heterocycles. The second-order valence-electron chi connectivity index (χ2n) is 5.05. The molecule has 1 atom stereocenters. The lowest BCUT2D eigenvalue weighted by Crippen LogP contribution is -2.53. The molecule has 1 aromatic carbocycles. The minimum atomic E-state index is -0.671. The maximum atomic E-state index is 12.1. The average molecular weight is 309 g/mol. The first-order valence-electron chi connectivity index (χ1n) is 6.98. The first kappa shape index (κ1) is 17.8. The number of hydrogen-bond donors (Lipinski definition) is 3. The summed E-state index contributed by atoms with van der Waals surface area (Å²) in [5, 5.41) is 2.50. The highest BCUT2D eigenvalue weighted by Crippen LogP contribution is 2.10. The Balaban J connectivity index is 2.46. The molecule has 2 amide bonds. The van der Waals surface area contributed by atoms with E-state index >= 15 is 0 Å². The van der Waals surface area contributed by atoms with Crippen molar-refractivity contribution in [1.29, 1.82) is 0 Å². The fourth-order valence-corrected chi connectivity index (χ4v) is 1.78. The van der Waals surface area contributed by atoms with Gasteiger partial charge in [0, 0.05) is 6.54 Å². The minimum absolute atomic E-state index is 0.0677. The second-order valence-corrected chi connectivity index (χ2v) is 5.05. The molecule has 1 aromatic rings. The van der Waals surface area contributed by atoms with Gasteiger partial charge in [-0.25, -0.2) is 10.2 Å². The van der Waals surface area contributed by atoms with Crippen LogP contribution in [0.15, 0.2) is 24.3 Å². The van der Waals surface area contributed by atoms with Crippen LogP contribution in [0.5, 0.6) is 5.75 Å². The number of hydrogen-bond acceptors (Lipinski definition) is 5. The van der Waals surface area contributed by atoms with E-state index in [9.17, 15) is 9.59 Å². The van der Waals surface area contributed by atoms with Gasteiger partial charge in [0.15, 0.2) is 0 Å². The van der Waals surface area contributed by atoms with Gasteiger partial charge in [-0.2, -0.15) is 0 Å². The molecule has 0 aliphatic carbocycles. The summed E-state index contributed by atoms with van der Waals surface area (Å²) in [6.45, 7) is 4.13. The number of methoxy groups -OCH3 is 2. The lowest BCUT2D eigenvalue weighted by molar-refractivity contribution is -0.125. The molecule has 7 nitrogen and oxygen atoms in total. The Morgan fingerprint density at radius 2 is 1.77 bits per heavy atom. The molecular formula is C15H23N3O4. The average Bonchev–Trinajstić information content (AvgIpc) is 2.52. The van der Waals surface area contributed by atoms with Crippen LogP contribution in [0.4, 0.5) is 4.79 Å². The molecule has 0 heterocycles. The van der Waals surface area contributed by atoms with E-state index in [1.165, 1.54) is 7.11 Å². The van der Waals surface area contributed by atoms with Crippen LogP contribution in [0.3, 0.4) is 0 Å². The van der Waals surface area contributed by atoms with Crippen molar-refractivity contribution in [2.45, 2.75) is 26.4 Å². The molecule has 0 fully saturated rings. The zero-order chi connectivity index (χ0) is 16.5. The van der Waals surface area contributed by atoms with Crippen molar-refractivity contribution in [2.24, 2.45) is 5.92 Å². The molecule has 0 saturated heterocycles. The Hall–Kier alpha value is -2.28. The SMILES string of the molecule is COC(=O)N[C@H](C(=O)NNCc1ccc(OC)cc1)C(C)C. The molecular weight excluding hydrogens is 286 g/mol. The van der Waals surface area contributed by atoms with Crippen LogP contribution in [-0.2, 0) is 16.1 Å². The third-order valence-electron chi connectivity index (χ3n) is 3.07. The number of carbonyl (C=O) groups is 2. The molecule has 0 bridgehead atoms. The molecule has 1 rings (SSSR count). The predicted molar refractivity (Wildman–Crippen MR) is 82.1 cm³/mol. The molecule has 7 heteroatoms. The molecule has 3 N–H and O–H groups in total. The molecule has 0 spiro atoms. The van der Waals surface area contributed by atoms with Crippen LogP contribution >= 0.6 is 0 Å². The smallest absolute Gasteiger partial charge is 0.407 e. The quantitative estimate of drug-likeness (QED) is 0.659. The fourth-order valence-electron chi connectivity index (χ4n) is 1.78. The van der Waals surface area contributed by atoms with Crippen LogP contribution in [0.1, 0.15) is 19.4 Å². The van der Waals surface area contributed by atoms with Gasteiger partial charge >= 0.3 is 6.09 Å². The largest absolute Gasteiger partial charge is 0.497 e. The summed E-state index contributed by atoms with van der Waals surface area (Å²) >= 11 is 0. The standard InChI is InChI=1S/C15H23N3O4/c1-10(2)13(17-15(20)22-4)14(19)18-16-9-11-5-7-12(21-3)8-6-11/h5-8,10,13,16H,9H2,1-4H3,(H,17,20)(H,18,19)/t13-/m0/s1. The number of hydrazine groups is 1. The number of nitrogens with one attached hydrogen (secondary N) is 3. The van der Waals surface area contributed by atoms with Crippen LogP contribution < -0.4 is 20.9 Å². The highest BCUT2D eigenvalue weighted by molar-refractivity contribution is 5.85. The number of amides is 2. The number of rotatable bonds is 7. The molecule has 0 aromatic heterocycles. The van der Waals surface area contributed by atoms with Gasteiger partial charge in [0.1, 0.15) is 11.8 Å².